The van der Waals surface area contributed by atoms with Crippen LogP contribution in [0.1, 0.15) is 31.7 Å². The third kappa shape index (κ3) is 6.22. The van der Waals surface area contributed by atoms with E-state index in [9.17, 15) is 4.79 Å². The quantitative estimate of drug-likeness (QED) is 0.453. The number of hydrogen-bond donors (Lipinski definition) is 3. The zero-order valence-corrected chi connectivity index (χ0v) is 21.3. The largest absolute Gasteiger partial charge is 0.493 e. The molecular formula is C25H29ClN4O4S. The Balaban J connectivity index is 1.54. The van der Waals surface area contributed by atoms with Crippen molar-refractivity contribution in [1.82, 2.24) is 15.6 Å². The smallest absolute Gasteiger partial charge is 0.256 e. The van der Waals surface area contributed by atoms with Gasteiger partial charge in [-0.2, -0.15) is 0 Å². The Morgan fingerprint density at radius 1 is 1.37 bits per heavy atom. The molecule has 0 spiro atoms. The normalized spacial score (nSPS) is 20.1. The number of carbonyl (C=O) groups is 1. The number of aromatic nitrogens is 1. The highest BCUT2D eigenvalue weighted by Crippen LogP contribution is 2.33. The lowest BCUT2D eigenvalue weighted by atomic mass is 10.0. The third-order valence-corrected chi connectivity index (χ3v) is 6.44. The van der Waals surface area contributed by atoms with Crippen LogP contribution in [0, 0.1) is 0 Å². The Morgan fingerprint density at radius 3 is 3.00 bits per heavy atom. The number of benzene rings is 1. The minimum Gasteiger partial charge on any atom is -0.493 e. The number of thiocarbonyl (C=S) groups is 1. The van der Waals surface area contributed by atoms with Crippen LogP contribution in [0.4, 0.5) is 5.69 Å². The summed E-state index contributed by atoms with van der Waals surface area (Å²) in [6.45, 7) is 3.75. The molecule has 2 atom stereocenters. The number of hydrogen-bond acceptors (Lipinski definition) is 7. The predicted octanol–water partition coefficient (Wildman–Crippen LogP) is 3.99. The number of halogens is 1. The molecule has 2 aliphatic heterocycles. The van der Waals surface area contributed by atoms with Gasteiger partial charge in [0.2, 0.25) is 0 Å². The molecule has 3 N–H and O–H groups in total. The fourth-order valence-electron chi connectivity index (χ4n) is 4.14. The molecule has 3 heterocycles. The topological polar surface area (TPSA) is 93.7 Å². The summed E-state index contributed by atoms with van der Waals surface area (Å²) in [5, 5.41) is 9.96. The Labute approximate surface area is 215 Å². The van der Waals surface area contributed by atoms with Gasteiger partial charge in [-0.3, -0.25) is 9.78 Å². The number of para-hydroxylation sites is 1. The maximum absolute atomic E-state index is 13.0. The highest BCUT2D eigenvalue weighted by molar-refractivity contribution is 7.81. The van der Waals surface area contributed by atoms with E-state index in [2.05, 4.69) is 20.9 Å². The fraction of sp³-hybridized carbons (Fsp3) is 0.400. The summed E-state index contributed by atoms with van der Waals surface area (Å²) in [6.07, 6.45) is 5.98. The summed E-state index contributed by atoms with van der Waals surface area (Å²) in [4.78, 5) is 17.5. The Morgan fingerprint density at radius 2 is 2.23 bits per heavy atom. The van der Waals surface area contributed by atoms with Crippen LogP contribution in [-0.4, -0.2) is 48.3 Å². The maximum atomic E-state index is 13.0. The van der Waals surface area contributed by atoms with Crippen molar-refractivity contribution in [3.8, 4) is 11.5 Å². The van der Waals surface area contributed by atoms with E-state index < -0.39 is 0 Å². The molecule has 0 saturated carbocycles. The summed E-state index contributed by atoms with van der Waals surface area (Å²) in [5.74, 6) is 0.923. The molecule has 2 aliphatic rings. The van der Waals surface area contributed by atoms with Crippen molar-refractivity contribution >= 4 is 40.4 Å². The number of nitrogens with zero attached hydrogens (tertiary/aromatic N) is 1. The SMILES string of the molecule is COc1c(Cl)cccc1NC(=S)C1=C(NCc2ccncc2OC2CCCOC2)C[C@@H](C)NC1=O. The van der Waals surface area contributed by atoms with E-state index in [4.69, 9.17) is 38.0 Å². The zero-order chi connectivity index (χ0) is 24.8. The second kappa shape index (κ2) is 11.7. The molecule has 0 bridgehead atoms. The van der Waals surface area contributed by atoms with Crippen molar-refractivity contribution in [1.29, 1.82) is 0 Å². The molecule has 186 valence electrons. The first-order valence-corrected chi connectivity index (χ1v) is 12.3. The van der Waals surface area contributed by atoms with Crippen molar-refractivity contribution in [3.05, 3.63) is 58.5 Å². The van der Waals surface area contributed by atoms with Gasteiger partial charge in [-0.05, 0) is 38.0 Å². The number of methoxy groups -OCH3 is 1. The van der Waals surface area contributed by atoms with E-state index in [-0.39, 0.29) is 23.0 Å². The molecular weight excluding hydrogens is 488 g/mol. The van der Waals surface area contributed by atoms with Gasteiger partial charge >= 0.3 is 0 Å². The molecule has 0 aliphatic carbocycles. The lowest BCUT2D eigenvalue weighted by Gasteiger charge is -2.28. The van der Waals surface area contributed by atoms with Gasteiger partial charge < -0.3 is 30.2 Å². The monoisotopic (exact) mass is 516 g/mol. The standard InChI is InChI=1S/C25H29ClN4O4S/c1-15-11-20(28-12-16-8-9-27-13-21(16)34-17-5-4-10-33-14-17)22(24(31)29-15)25(35)30-19-7-3-6-18(26)23(19)32-2/h3,6-9,13,15,17,28H,4-5,10-12,14H2,1-2H3,(H,29,31)(H,30,35)/t15-,17?/m1/s1. The van der Waals surface area contributed by atoms with Crippen molar-refractivity contribution in [2.24, 2.45) is 0 Å². The Hall–Kier alpha value is -2.88. The van der Waals surface area contributed by atoms with Crippen LogP contribution in [0.5, 0.6) is 11.5 Å². The van der Waals surface area contributed by atoms with Crippen LogP contribution in [0.15, 0.2) is 47.9 Å². The summed E-state index contributed by atoms with van der Waals surface area (Å²) in [5.41, 5.74) is 2.66. The molecule has 2 aromatic rings. The molecule has 1 aromatic heterocycles. The first kappa shape index (κ1) is 25.2. The molecule has 1 saturated heterocycles. The summed E-state index contributed by atoms with van der Waals surface area (Å²) in [7, 11) is 1.53. The van der Waals surface area contributed by atoms with Gasteiger partial charge in [-0.1, -0.05) is 29.9 Å². The molecule has 1 aromatic carbocycles. The average molecular weight is 517 g/mol. The van der Waals surface area contributed by atoms with E-state index in [1.54, 1.807) is 30.6 Å². The molecule has 4 rings (SSSR count). The van der Waals surface area contributed by atoms with Crippen molar-refractivity contribution < 1.29 is 19.0 Å². The van der Waals surface area contributed by atoms with Crippen molar-refractivity contribution in [2.45, 2.75) is 44.9 Å². The summed E-state index contributed by atoms with van der Waals surface area (Å²) >= 11 is 11.9. The Bertz CT molecular complexity index is 1120. The minimum absolute atomic E-state index is 0.00594. The van der Waals surface area contributed by atoms with Crippen LogP contribution in [0.3, 0.4) is 0 Å². The van der Waals surface area contributed by atoms with E-state index in [0.717, 1.165) is 30.7 Å². The van der Waals surface area contributed by atoms with Crippen molar-refractivity contribution in [3.63, 3.8) is 0 Å². The zero-order valence-electron chi connectivity index (χ0n) is 19.7. The first-order chi connectivity index (χ1) is 17.0. The predicted molar refractivity (Wildman–Crippen MR) is 139 cm³/mol. The van der Waals surface area contributed by atoms with Gasteiger partial charge in [0.05, 0.1) is 36.2 Å². The number of carbonyl (C=O) groups excluding carboxylic acids is 1. The minimum atomic E-state index is -0.240. The van der Waals surface area contributed by atoms with Gasteiger partial charge in [0.25, 0.3) is 5.91 Å². The second-order valence-corrected chi connectivity index (χ2v) is 9.32. The maximum Gasteiger partial charge on any atom is 0.256 e. The number of pyridine rings is 1. The number of rotatable bonds is 8. The molecule has 35 heavy (non-hydrogen) atoms. The van der Waals surface area contributed by atoms with Gasteiger partial charge in [0, 0.05) is 43.1 Å². The number of anilines is 1. The molecule has 1 fully saturated rings. The van der Waals surface area contributed by atoms with E-state index >= 15 is 0 Å². The van der Waals surface area contributed by atoms with Crippen LogP contribution in [-0.2, 0) is 16.1 Å². The average Bonchev–Trinajstić information content (AvgIpc) is 2.84. The van der Waals surface area contributed by atoms with Crippen LogP contribution in [0.25, 0.3) is 0 Å². The van der Waals surface area contributed by atoms with Gasteiger partial charge in [-0.15, -0.1) is 0 Å². The van der Waals surface area contributed by atoms with E-state index in [0.29, 0.717) is 47.4 Å². The Kier molecular flexibility index (Phi) is 8.43. The molecule has 8 nitrogen and oxygen atoms in total. The first-order valence-electron chi connectivity index (χ1n) is 11.5. The molecule has 10 heteroatoms. The van der Waals surface area contributed by atoms with Crippen LogP contribution >= 0.6 is 23.8 Å². The number of amides is 1. The van der Waals surface area contributed by atoms with E-state index in [1.807, 2.05) is 13.0 Å². The van der Waals surface area contributed by atoms with Crippen LogP contribution in [0.2, 0.25) is 5.02 Å². The summed E-state index contributed by atoms with van der Waals surface area (Å²) in [6, 6.07) is 7.18. The molecule has 1 unspecified atom stereocenters. The van der Waals surface area contributed by atoms with Gasteiger partial charge in [0.1, 0.15) is 16.8 Å². The van der Waals surface area contributed by atoms with Gasteiger partial charge in [0.15, 0.2) is 5.75 Å². The highest BCUT2D eigenvalue weighted by Gasteiger charge is 2.28. The lowest BCUT2D eigenvalue weighted by Crippen LogP contribution is -2.44. The van der Waals surface area contributed by atoms with Crippen molar-refractivity contribution in [2.75, 3.05) is 25.6 Å². The molecule has 0 radical (unpaired) electrons. The number of nitrogens with one attached hydrogen (secondary N) is 3. The van der Waals surface area contributed by atoms with E-state index in [1.165, 1.54) is 7.11 Å². The number of ether oxygens (including phenoxy) is 3. The lowest BCUT2D eigenvalue weighted by molar-refractivity contribution is -0.118. The van der Waals surface area contributed by atoms with Crippen LogP contribution < -0.4 is 25.4 Å². The molecule has 1 amide bonds. The van der Waals surface area contributed by atoms with Gasteiger partial charge in [-0.25, -0.2) is 0 Å². The fourth-order valence-corrected chi connectivity index (χ4v) is 4.72. The summed E-state index contributed by atoms with van der Waals surface area (Å²) < 4.78 is 17.1. The highest BCUT2D eigenvalue weighted by atomic mass is 35.5. The third-order valence-electron chi connectivity index (χ3n) is 5.84. The second-order valence-electron chi connectivity index (χ2n) is 8.50.